The number of thioether (sulfide) groups is 1. The van der Waals surface area contributed by atoms with E-state index in [1.807, 2.05) is 4.57 Å². The van der Waals surface area contributed by atoms with Gasteiger partial charge in [0.15, 0.2) is 5.16 Å². The lowest BCUT2D eigenvalue weighted by Gasteiger charge is -2.08. The van der Waals surface area contributed by atoms with Crippen LogP contribution >= 0.6 is 11.8 Å². The molecule has 1 aliphatic rings. The number of primary amides is 1. The van der Waals surface area contributed by atoms with Gasteiger partial charge in [-0.25, -0.2) is 0 Å². The van der Waals surface area contributed by atoms with Crippen molar-refractivity contribution in [2.75, 3.05) is 5.75 Å². The SMILES string of the molecule is NC(=O)CCCn1c(SCC(=O)O)nnc1C1CC1. The van der Waals surface area contributed by atoms with Crippen molar-refractivity contribution in [3.05, 3.63) is 5.82 Å². The summed E-state index contributed by atoms with van der Waals surface area (Å²) in [5, 5.41) is 17.5. The highest BCUT2D eigenvalue weighted by atomic mass is 32.2. The summed E-state index contributed by atoms with van der Waals surface area (Å²) in [7, 11) is 0. The molecule has 104 valence electrons. The normalized spacial score (nSPS) is 14.5. The van der Waals surface area contributed by atoms with E-state index >= 15 is 0 Å². The number of aromatic nitrogens is 3. The van der Waals surface area contributed by atoms with Crippen molar-refractivity contribution < 1.29 is 14.7 Å². The van der Waals surface area contributed by atoms with E-state index in [2.05, 4.69) is 10.2 Å². The van der Waals surface area contributed by atoms with Gasteiger partial charge in [-0.15, -0.1) is 10.2 Å². The molecule has 19 heavy (non-hydrogen) atoms. The maximum Gasteiger partial charge on any atom is 0.313 e. The van der Waals surface area contributed by atoms with Gasteiger partial charge in [-0.2, -0.15) is 0 Å². The Morgan fingerprint density at radius 2 is 2.16 bits per heavy atom. The summed E-state index contributed by atoms with van der Waals surface area (Å²) in [4.78, 5) is 21.4. The number of nitrogens with two attached hydrogens (primary N) is 1. The molecule has 2 rings (SSSR count). The van der Waals surface area contributed by atoms with Crippen LogP contribution < -0.4 is 5.73 Å². The van der Waals surface area contributed by atoms with Crippen LogP contribution in [-0.2, 0) is 16.1 Å². The third kappa shape index (κ3) is 3.95. The van der Waals surface area contributed by atoms with Gasteiger partial charge in [0.1, 0.15) is 5.82 Å². The number of rotatable bonds is 8. The number of amides is 1. The Kier molecular flexibility index (Phi) is 4.41. The van der Waals surface area contributed by atoms with E-state index < -0.39 is 5.97 Å². The van der Waals surface area contributed by atoms with Crippen LogP contribution in [0.3, 0.4) is 0 Å². The first-order chi connectivity index (χ1) is 9.08. The molecule has 1 aromatic rings. The highest BCUT2D eigenvalue weighted by molar-refractivity contribution is 7.99. The van der Waals surface area contributed by atoms with Gasteiger partial charge in [-0.1, -0.05) is 11.8 Å². The van der Waals surface area contributed by atoms with E-state index in [4.69, 9.17) is 10.8 Å². The van der Waals surface area contributed by atoms with Crippen molar-refractivity contribution >= 4 is 23.6 Å². The number of hydrogen-bond acceptors (Lipinski definition) is 5. The van der Waals surface area contributed by atoms with Crippen LogP contribution in [0.5, 0.6) is 0 Å². The van der Waals surface area contributed by atoms with Crippen molar-refractivity contribution in [2.24, 2.45) is 5.73 Å². The number of nitrogens with zero attached hydrogens (tertiary/aromatic N) is 3. The average Bonchev–Trinajstić information content (AvgIpc) is 3.09. The second-order valence-corrected chi connectivity index (χ2v) is 5.46. The van der Waals surface area contributed by atoms with Crippen molar-refractivity contribution in [1.82, 2.24) is 14.8 Å². The van der Waals surface area contributed by atoms with Gasteiger partial charge in [-0.3, -0.25) is 9.59 Å². The fourth-order valence-corrected chi connectivity index (χ4v) is 2.49. The Balaban J connectivity index is 2.04. The summed E-state index contributed by atoms with van der Waals surface area (Å²) < 4.78 is 1.92. The van der Waals surface area contributed by atoms with Crippen molar-refractivity contribution in [3.63, 3.8) is 0 Å². The monoisotopic (exact) mass is 284 g/mol. The number of aliphatic carboxylic acids is 1. The predicted molar refractivity (Wildman–Crippen MR) is 68.8 cm³/mol. The third-order valence-electron chi connectivity index (χ3n) is 2.82. The molecule has 8 heteroatoms. The van der Waals surface area contributed by atoms with Crippen LogP contribution in [-0.4, -0.2) is 37.5 Å². The van der Waals surface area contributed by atoms with E-state index in [0.29, 0.717) is 30.5 Å². The van der Waals surface area contributed by atoms with Crippen molar-refractivity contribution in [2.45, 2.75) is 43.3 Å². The van der Waals surface area contributed by atoms with Gasteiger partial charge in [0.2, 0.25) is 5.91 Å². The highest BCUT2D eigenvalue weighted by Gasteiger charge is 2.30. The lowest BCUT2D eigenvalue weighted by molar-refractivity contribution is -0.133. The summed E-state index contributed by atoms with van der Waals surface area (Å²) >= 11 is 1.15. The smallest absolute Gasteiger partial charge is 0.313 e. The molecular weight excluding hydrogens is 268 g/mol. The van der Waals surface area contributed by atoms with Gasteiger partial charge >= 0.3 is 5.97 Å². The van der Waals surface area contributed by atoms with Crippen LogP contribution in [0, 0.1) is 0 Å². The van der Waals surface area contributed by atoms with Gasteiger partial charge < -0.3 is 15.4 Å². The van der Waals surface area contributed by atoms with E-state index in [9.17, 15) is 9.59 Å². The molecule has 7 nitrogen and oxygen atoms in total. The molecule has 0 spiro atoms. The second-order valence-electron chi connectivity index (χ2n) is 4.52. The largest absolute Gasteiger partial charge is 0.481 e. The molecule has 0 bridgehead atoms. The minimum atomic E-state index is -0.885. The molecule has 0 saturated heterocycles. The average molecular weight is 284 g/mol. The van der Waals surface area contributed by atoms with Crippen LogP contribution in [0.2, 0.25) is 0 Å². The zero-order valence-electron chi connectivity index (χ0n) is 10.4. The van der Waals surface area contributed by atoms with Crippen molar-refractivity contribution in [1.29, 1.82) is 0 Å². The minimum Gasteiger partial charge on any atom is -0.481 e. The van der Waals surface area contributed by atoms with Gasteiger partial charge in [0.05, 0.1) is 5.75 Å². The van der Waals surface area contributed by atoms with Crippen LogP contribution in [0.4, 0.5) is 0 Å². The number of carbonyl (C=O) groups excluding carboxylic acids is 1. The topological polar surface area (TPSA) is 111 Å². The first kappa shape index (κ1) is 13.9. The molecule has 1 amide bonds. The first-order valence-corrected chi connectivity index (χ1v) is 7.12. The molecule has 0 aliphatic heterocycles. The lowest BCUT2D eigenvalue weighted by atomic mass is 10.3. The molecule has 3 N–H and O–H groups in total. The minimum absolute atomic E-state index is 0.0430. The molecule has 1 aromatic heterocycles. The molecule has 0 atom stereocenters. The molecule has 1 aliphatic carbocycles. The molecule has 1 saturated carbocycles. The molecule has 1 heterocycles. The second kappa shape index (κ2) is 6.05. The van der Waals surface area contributed by atoms with Gasteiger partial charge in [-0.05, 0) is 19.3 Å². The standard InChI is InChI=1S/C11H16N4O3S/c12-8(16)2-1-5-15-10(7-3-4-7)13-14-11(15)19-6-9(17)18/h7H,1-6H2,(H2,12,16)(H,17,18). The van der Waals surface area contributed by atoms with Gasteiger partial charge in [0.25, 0.3) is 0 Å². The molecule has 0 aromatic carbocycles. The molecule has 1 fully saturated rings. The third-order valence-corrected chi connectivity index (χ3v) is 3.77. The molecular formula is C11H16N4O3S. The summed E-state index contributed by atoms with van der Waals surface area (Å²) in [6, 6.07) is 0. The Hall–Kier alpha value is -1.57. The fraction of sp³-hybridized carbons (Fsp3) is 0.636. The maximum absolute atomic E-state index is 10.8. The fourth-order valence-electron chi connectivity index (χ4n) is 1.80. The van der Waals surface area contributed by atoms with E-state index in [1.54, 1.807) is 0 Å². The quantitative estimate of drug-likeness (QED) is 0.676. The number of hydrogen-bond donors (Lipinski definition) is 2. The zero-order valence-corrected chi connectivity index (χ0v) is 11.2. The van der Waals surface area contributed by atoms with E-state index in [0.717, 1.165) is 30.4 Å². The zero-order chi connectivity index (χ0) is 13.8. The predicted octanol–water partition coefficient (Wildman–Crippen LogP) is 0.598. The van der Waals surface area contributed by atoms with Gasteiger partial charge in [0, 0.05) is 18.9 Å². The lowest BCUT2D eigenvalue weighted by Crippen LogP contribution is -2.13. The number of carboxylic acids is 1. The molecule has 0 unspecified atom stereocenters. The Labute approximate surface area is 114 Å². The van der Waals surface area contributed by atoms with E-state index in [-0.39, 0.29) is 11.7 Å². The number of carboxylic acid groups (broad SMARTS) is 1. The van der Waals surface area contributed by atoms with Crippen molar-refractivity contribution in [3.8, 4) is 0 Å². The summed E-state index contributed by atoms with van der Waals surface area (Å²) in [6.07, 6.45) is 3.12. The first-order valence-electron chi connectivity index (χ1n) is 6.14. The number of carbonyl (C=O) groups is 2. The highest BCUT2D eigenvalue weighted by Crippen LogP contribution is 2.40. The Morgan fingerprint density at radius 1 is 1.42 bits per heavy atom. The summed E-state index contributed by atoms with van der Waals surface area (Å²) in [5.41, 5.74) is 5.12. The van der Waals surface area contributed by atoms with Crippen LogP contribution in [0.15, 0.2) is 5.16 Å². The Morgan fingerprint density at radius 3 is 2.74 bits per heavy atom. The summed E-state index contributed by atoms with van der Waals surface area (Å²) in [6.45, 7) is 0.601. The summed E-state index contributed by atoms with van der Waals surface area (Å²) in [5.74, 6) is 0.0709. The van der Waals surface area contributed by atoms with Crippen LogP contribution in [0.1, 0.15) is 37.4 Å². The van der Waals surface area contributed by atoms with E-state index in [1.165, 1.54) is 0 Å². The Bertz CT molecular complexity index is 484. The van der Waals surface area contributed by atoms with Crippen LogP contribution in [0.25, 0.3) is 0 Å². The molecule has 0 radical (unpaired) electrons. The maximum atomic E-state index is 10.8.